The van der Waals surface area contributed by atoms with E-state index in [9.17, 15) is 8.78 Å². The first-order valence-electron chi connectivity index (χ1n) is 6.73. The second kappa shape index (κ2) is 4.94. The van der Waals surface area contributed by atoms with E-state index in [1.165, 1.54) is 6.07 Å². The second-order valence-electron chi connectivity index (χ2n) is 4.95. The minimum Gasteiger partial charge on any atom is -0.334 e. The van der Waals surface area contributed by atoms with Crippen LogP contribution in [0.1, 0.15) is 5.82 Å². The number of fused-ring (bicyclic) bond motifs is 1. The molecule has 4 aromatic rings. The largest absolute Gasteiger partial charge is 0.334 e. The minimum atomic E-state index is -0.969. The summed E-state index contributed by atoms with van der Waals surface area (Å²) in [6.07, 6.45) is 1.78. The van der Waals surface area contributed by atoms with Crippen molar-refractivity contribution in [2.45, 2.75) is 6.92 Å². The molecular formula is C15H9F2N5O. The maximum atomic E-state index is 13.3. The van der Waals surface area contributed by atoms with Gasteiger partial charge in [0.05, 0.1) is 0 Å². The third-order valence-electron chi connectivity index (χ3n) is 3.42. The number of hydrogen-bond donors (Lipinski definition) is 0. The molecular weight excluding hydrogens is 304 g/mol. The van der Waals surface area contributed by atoms with E-state index in [1.54, 1.807) is 22.7 Å². The van der Waals surface area contributed by atoms with Crippen molar-refractivity contribution in [3.8, 4) is 22.8 Å². The molecule has 23 heavy (non-hydrogen) atoms. The summed E-state index contributed by atoms with van der Waals surface area (Å²) in [7, 11) is 0. The van der Waals surface area contributed by atoms with Gasteiger partial charge in [-0.05, 0) is 37.3 Å². The Kier molecular flexibility index (Phi) is 2.90. The van der Waals surface area contributed by atoms with Crippen molar-refractivity contribution in [3.05, 3.63) is 54.0 Å². The van der Waals surface area contributed by atoms with Gasteiger partial charge >= 0.3 is 0 Å². The summed E-state index contributed by atoms with van der Waals surface area (Å²) in [5.74, 6) is -0.726. The number of rotatable bonds is 2. The summed E-state index contributed by atoms with van der Waals surface area (Å²) in [5.41, 5.74) is 1.71. The molecule has 0 radical (unpaired) electrons. The molecule has 4 rings (SSSR count). The highest BCUT2D eigenvalue weighted by atomic mass is 19.2. The highest BCUT2D eigenvalue weighted by Gasteiger charge is 2.14. The molecule has 0 aliphatic heterocycles. The van der Waals surface area contributed by atoms with Crippen molar-refractivity contribution in [3.63, 3.8) is 0 Å². The number of benzene rings is 1. The zero-order valence-electron chi connectivity index (χ0n) is 11.9. The second-order valence-corrected chi connectivity index (χ2v) is 4.95. The number of halogens is 2. The van der Waals surface area contributed by atoms with Crippen LogP contribution in [-0.4, -0.2) is 24.7 Å². The zero-order valence-corrected chi connectivity index (χ0v) is 11.9. The van der Waals surface area contributed by atoms with Gasteiger partial charge in [0.2, 0.25) is 5.82 Å². The Morgan fingerprint density at radius 1 is 1.00 bits per heavy atom. The highest BCUT2D eigenvalue weighted by Crippen LogP contribution is 2.24. The Bertz CT molecular complexity index is 1020. The van der Waals surface area contributed by atoms with Gasteiger partial charge in [-0.25, -0.2) is 8.78 Å². The Morgan fingerprint density at radius 2 is 1.83 bits per heavy atom. The summed E-state index contributed by atoms with van der Waals surface area (Å²) < 4.78 is 33.2. The van der Waals surface area contributed by atoms with Gasteiger partial charge in [0, 0.05) is 17.3 Å². The molecule has 6 nitrogen and oxygen atoms in total. The third kappa shape index (κ3) is 2.24. The smallest absolute Gasteiger partial charge is 0.258 e. The van der Waals surface area contributed by atoms with Crippen LogP contribution in [-0.2, 0) is 0 Å². The lowest BCUT2D eigenvalue weighted by molar-refractivity contribution is 0.431. The quantitative estimate of drug-likeness (QED) is 0.569. The predicted octanol–water partition coefficient (Wildman–Crippen LogP) is 3.03. The number of aromatic nitrogens is 5. The van der Waals surface area contributed by atoms with Gasteiger partial charge in [-0.3, -0.25) is 4.40 Å². The van der Waals surface area contributed by atoms with Gasteiger partial charge in [-0.15, -0.1) is 10.2 Å². The van der Waals surface area contributed by atoms with Crippen LogP contribution < -0.4 is 0 Å². The monoisotopic (exact) mass is 313 g/mol. The van der Waals surface area contributed by atoms with Crippen molar-refractivity contribution in [1.29, 1.82) is 0 Å². The molecule has 0 saturated heterocycles. The Hall–Kier alpha value is -3.16. The minimum absolute atomic E-state index is 0.111. The molecule has 8 heteroatoms. The lowest BCUT2D eigenvalue weighted by atomic mass is 10.2. The topological polar surface area (TPSA) is 69.1 Å². The van der Waals surface area contributed by atoms with Crippen LogP contribution >= 0.6 is 0 Å². The van der Waals surface area contributed by atoms with Gasteiger partial charge < -0.3 is 4.52 Å². The summed E-state index contributed by atoms with van der Waals surface area (Å²) in [6, 6.07) is 6.97. The number of aryl methyl sites for hydroxylation is 1. The summed E-state index contributed by atoms with van der Waals surface area (Å²) >= 11 is 0. The Balaban J connectivity index is 1.76. The van der Waals surface area contributed by atoms with Crippen molar-refractivity contribution in [2.75, 3.05) is 0 Å². The van der Waals surface area contributed by atoms with Gasteiger partial charge in [0.25, 0.3) is 5.89 Å². The van der Waals surface area contributed by atoms with Gasteiger partial charge in [-0.2, -0.15) is 4.98 Å². The molecule has 3 aromatic heterocycles. The molecule has 0 saturated carbocycles. The molecule has 0 atom stereocenters. The van der Waals surface area contributed by atoms with E-state index in [4.69, 9.17) is 4.52 Å². The fourth-order valence-corrected chi connectivity index (χ4v) is 2.22. The standard InChI is InChI=1S/C15H9F2N5O/c1-8-19-20-13-5-3-10(7-22(8)13)14-18-15(23-21-14)9-2-4-11(16)12(17)6-9/h2-7H,1H3. The summed E-state index contributed by atoms with van der Waals surface area (Å²) in [6.45, 7) is 1.83. The van der Waals surface area contributed by atoms with Crippen molar-refractivity contribution in [2.24, 2.45) is 0 Å². The van der Waals surface area contributed by atoms with Crippen molar-refractivity contribution >= 4 is 5.65 Å². The van der Waals surface area contributed by atoms with E-state index in [0.29, 0.717) is 22.6 Å². The molecule has 3 heterocycles. The molecule has 0 bridgehead atoms. The van der Waals surface area contributed by atoms with Crippen molar-refractivity contribution in [1.82, 2.24) is 24.7 Å². The normalized spacial score (nSPS) is 11.3. The third-order valence-corrected chi connectivity index (χ3v) is 3.42. The Morgan fingerprint density at radius 3 is 2.65 bits per heavy atom. The maximum Gasteiger partial charge on any atom is 0.258 e. The van der Waals surface area contributed by atoms with Gasteiger partial charge in [0.15, 0.2) is 17.3 Å². The lowest BCUT2D eigenvalue weighted by Gasteiger charge is -1.97. The lowest BCUT2D eigenvalue weighted by Crippen LogP contribution is -1.90. The van der Waals surface area contributed by atoms with Crippen LogP contribution in [0.25, 0.3) is 28.5 Å². The highest BCUT2D eigenvalue weighted by molar-refractivity contribution is 5.61. The first-order chi connectivity index (χ1) is 11.1. The molecule has 0 amide bonds. The van der Waals surface area contributed by atoms with Gasteiger partial charge in [0.1, 0.15) is 5.82 Å². The van der Waals surface area contributed by atoms with E-state index in [2.05, 4.69) is 20.3 Å². The van der Waals surface area contributed by atoms with E-state index < -0.39 is 11.6 Å². The molecule has 1 aromatic carbocycles. The molecule has 0 unspecified atom stereocenters. The SMILES string of the molecule is Cc1nnc2ccc(-c3noc(-c4ccc(F)c(F)c4)n3)cn12. The maximum absolute atomic E-state index is 13.3. The molecule has 0 aliphatic rings. The molecule has 0 fully saturated rings. The van der Waals surface area contributed by atoms with Crippen LogP contribution in [0.4, 0.5) is 8.78 Å². The molecule has 0 spiro atoms. The Labute approximate surface area is 128 Å². The van der Waals surface area contributed by atoms with E-state index in [-0.39, 0.29) is 5.89 Å². The van der Waals surface area contributed by atoms with E-state index in [1.807, 2.05) is 6.92 Å². The average molecular weight is 313 g/mol. The average Bonchev–Trinajstić information content (AvgIpc) is 3.17. The fourth-order valence-electron chi connectivity index (χ4n) is 2.22. The summed E-state index contributed by atoms with van der Waals surface area (Å²) in [5, 5.41) is 11.8. The number of pyridine rings is 1. The number of hydrogen-bond acceptors (Lipinski definition) is 5. The predicted molar refractivity (Wildman–Crippen MR) is 76.4 cm³/mol. The summed E-state index contributed by atoms with van der Waals surface area (Å²) in [4.78, 5) is 4.22. The van der Waals surface area contributed by atoms with Gasteiger partial charge in [-0.1, -0.05) is 5.16 Å². The van der Waals surface area contributed by atoms with Crippen LogP contribution in [0.2, 0.25) is 0 Å². The molecule has 114 valence electrons. The van der Waals surface area contributed by atoms with Crippen molar-refractivity contribution < 1.29 is 13.3 Å². The van der Waals surface area contributed by atoms with E-state index >= 15 is 0 Å². The van der Waals surface area contributed by atoms with Crippen LogP contribution in [0.15, 0.2) is 41.1 Å². The molecule has 0 aliphatic carbocycles. The van der Waals surface area contributed by atoms with Crippen LogP contribution in [0, 0.1) is 18.6 Å². The van der Waals surface area contributed by atoms with Crippen LogP contribution in [0.5, 0.6) is 0 Å². The zero-order chi connectivity index (χ0) is 16.0. The molecule has 0 N–H and O–H groups in total. The van der Waals surface area contributed by atoms with Crippen LogP contribution in [0.3, 0.4) is 0 Å². The fraction of sp³-hybridized carbons (Fsp3) is 0.0667. The first-order valence-corrected chi connectivity index (χ1v) is 6.73. The number of nitrogens with zero attached hydrogens (tertiary/aromatic N) is 5. The van der Waals surface area contributed by atoms with E-state index in [0.717, 1.165) is 18.0 Å². The first kappa shape index (κ1) is 13.5.